The van der Waals surface area contributed by atoms with Crippen molar-refractivity contribution in [2.45, 2.75) is 19.4 Å². The molecule has 2 aromatic rings. The third-order valence-corrected chi connectivity index (χ3v) is 4.05. The highest BCUT2D eigenvalue weighted by atomic mass is 35.5. The van der Waals surface area contributed by atoms with E-state index in [-0.39, 0.29) is 12.1 Å². The van der Waals surface area contributed by atoms with Crippen molar-refractivity contribution in [1.29, 1.82) is 0 Å². The van der Waals surface area contributed by atoms with Gasteiger partial charge in [0.2, 0.25) is 0 Å². The Balaban J connectivity index is 1.59. The van der Waals surface area contributed by atoms with Crippen LogP contribution in [0.1, 0.15) is 11.1 Å². The first-order valence-corrected chi connectivity index (χ1v) is 7.54. The maximum Gasteiger partial charge on any atom is 0.319 e. The third kappa shape index (κ3) is 3.34. The molecule has 2 aromatic carbocycles. The van der Waals surface area contributed by atoms with Crippen LogP contribution in [0.15, 0.2) is 42.5 Å². The predicted octanol–water partition coefficient (Wildman–Crippen LogP) is 3.77. The molecule has 0 radical (unpaired) electrons. The minimum Gasteiger partial charge on any atom is -0.491 e. The molecule has 3 rings (SSSR count). The summed E-state index contributed by atoms with van der Waals surface area (Å²) in [5.74, 6) is 0.895. The molecule has 1 aliphatic heterocycles. The fourth-order valence-electron chi connectivity index (χ4n) is 2.44. The van der Waals surface area contributed by atoms with Gasteiger partial charge < -0.3 is 15.4 Å². The zero-order valence-electron chi connectivity index (χ0n) is 12.2. The van der Waals surface area contributed by atoms with Crippen LogP contribution in [0.2, 0.25) is 5.02 Å². The molecule has 5 heteroatoms. The standard InChI is InChI=1S/C17H17ClN2O2/c1-11-6-7-13(9-15(11)18)19-17(21)20-14-8-12-4-2-3-5-16(12)22-10-14/h2-7,9,14H,8,10H2,1H3,(H2,19,20,21)/t14-/m1/s1. The third-order valence-electron chi connectivity index (χ3n) is 3.64. The minimum atomic E-state index is -0.257. The number of ether oxygens (including phenoxy) is 1. The van der Waals surface area contributed by atoms with Gasteiger partial charge in [0.15, 0.2) is 0 Å². The van der Waals surface area contributed by atoms with Gasteiger partial charge in [0.25, 0.3) is 0 Å². The van der Waals surface area contributed by atoms with E-state index in [9.17, 15) is 4.79 Å². The molecule has 0 saturated carbocycles. The predicted molar refractivity (Wildman–Crippen MR) is 87.8 cm³/mol. The summed E-state index contributed by atoms with van der Waals surface area (Å²) in [7, 11) is 0. The molecule has 1 heterocycles. The van der Waals surface area contributed by atoms with Crippen molar-refractivity contribution in [3.8, 4) is 5.75 Å². The molecule has 22 heavy (non-hydrogen) atoms. The Morgan fingerprint density at radius 3 is 2.91 bits per heavy atom. The SMILES string of the molecule is Cc1ccc(NC(=O)N[C@H]2COc3ccccc3C2)cc1Cl. The monoisotopic (exact) mass is 316 g/mol. The van der Waals surface area contributed by atoms with Crippen molar-refractivity contribution in [2.75, 3.05) is 11.9 Å². The highest BCUT2D eigenvalue weighted by Gasteiger charge is 2.21. The van der Waals surface area contributed by atoms with Crippen LogP contribution >= 0.6 is 11.6 Å². The van der Waals surface area contributed by atoms with E-state index in [1.54, 1.807) is 6.07 Å². The van der Waals surface area contributed by atoms with Crippen LogP contribution in [0.3, 0.4) is 0 Å². The second kappa shape index (κ2) is 6.28. The van der Waals surface area contributed by atoms with E-state index in [4.69, 9.17) is 16.3 Å². The Morgan fingerprint density at radius 1 is 1.27 bits per heavy atom. The molecule has 0 bridgehead atoms. The second-order valence-electron chi connectivity index (χ2n) is 5.38. The van der Waals surface area contributed by atoms with Crippen molar-refractivity contribution >= 4 is 23.3 Å². The number of halogens is 1. The molecule has 0 spiro atoms. The minimum absolute atomic E-state index is 0.0455. The molecule has 0 saturated heterocycles. The Morgan fingerprint density at radius 2 is 2.09 bits per heavy atom. The van der Waals surface area contributed by atoms with Crippen LogP contribution in [-0.4, -0.2) is 18.7 Å². The Bertz CT molecular complexity index is 703. The van der Waals surface area contributed by atoms with Crippen molar-refractivity contribution in [3.63, 3.8) is 0 Å². The van der Waals surface area contributed by atoms with Crippen LogP contribution in [0, 0.1) is 6.92 Å². The van der Waals surface area contributed by atoms with E-state index >= 15 is 0 Å². The van der Waals surface area contributed by atoms with Gasteiger partial charge in [-0.2, -0.15) is 0 Å². The molecule has 0 aliphatic carbocycles. The molecule has 0 aromatic heterocycles. The van der Waals surface area contributed by atoms with E-state index in [1.165, 1.54) is 0 Å². The smallest absolute Gasteiger partial charge is 0.319 e. The lowest BCUT2D eigenvalue weighted by Gasteiger charge is -2.26. The molecule has 1 aliphatic rings. The fraction of sp³-hybridized carbons (Fsp3) is 0.235. The highest BCUT2D eigenvalue weighted by molar-refractivity contribution is 6.31. The number of hydrogen-bond donors (Lipinski definition) is 2. The van der Waals surface area contributed by atoms with Crippen molar-refractivity contribution in [1.82, 2.24) is 5.32 Å². The van der Waals surface area contributed by atoms with Crippen LogP contribution in [0.5, 0.6) is 5.75 Å². The number of rotatable bonds is 2. The summed E-state index contributed by atoms with van der Waals surface area (Å²) in [6.07, 6.45) is 0.762. The summed E-state index contributed by atoms with van der Waals surface area (Å²) in [5.41, 5.74) is 2.76. The van der Waals surface area contributed by atoms with Crippen LogP contribution < -0.4 is 15.4 Å². The zero-order chi connectivity index (χ0) is 15.5. The zero-order valence-corrected chi connectivity index (χ0v) is 13.0. The van der Waals surface area contributed by atoms with Gasteiger partial charge in [-0.1, -0.05) is 35.9 Å². The number of carbonyl (C=O) groups is 1. The lowest BCUT2D eigenvalue weighted by molar-refractivity contribution is 0.222. The molecule has 2 N–H and O–H groups in total. The van der Waals surface area contributed by atoms with Gasteiger partial charge in [-0.25, -0.2) is 4.79 Å². The van der Waals surface area contributed by atoms with Crippen molar-refractivity contribution < 1.29 is 9.53 Å². The van der Waals surface area contributed by atoms with Gasteiger partial charge in [-0.3, -0.25) is 0 Å². The number of urea groups is 1. The van der Waals surface area contributed by atoms with Crippen LogP contribution in [0.4, 0.5) is 10.5 Å². The lowest BCUT2D eigenvalue weighted by atomic mass is 10.0. The first-order chi connectivity index (χ1) is 10.6. The number of aryl methyl sites for hydroxylation is 1. The van der Waals surface area contributed by atoms with E-state index < -0.39 is 0 Å². The van der Waals surface area contributed by atoms with Gasteiger partial charge in [0, 0.05) is 10.7 Å². The Labute approximate surface area is 134 Å². The number of nitrogens with one attached hydrogen (secondary N) is 2. The summed E-state index contributed by atoms with van der Waals surface area (Å²) in [6, 6.07) is 13.0. The van der Waals surface area contributed by atoms with Crippen LogP contribution in [0.25, 0.3) is 0 Å². The number of para-hydroxylation sites is 1. The van der Waals surface area contributed by atoms with E-state index in [2.05, 4.69) is 10.6 Å². The second-order valence-corrected chi connectivity index (χ2v) is 5.79. The molecule has 114 valence electrons. The lowest BCUT2D eigenvalue weighted by Crippen LogP contribution is -2.44. The number of carbonyl (C=O) groups excluding carboxylic acids is 1. The maximum absolute atomic E-state index is 12.1. The average Bonchev–Trinajstić information content (AvgIpc) is 2.51. The summed E-state index contributed by atoms with van der Waals surface area (Å²) >= 11 is 6.05. The normalized spacial score (nSPS) is 16.4. The highest BCUT2D eigenvalue weighted by Crippen LogP contribution is 2.24. The Hall–Kier alpha value is -2.20. The molecular formula is C17H17ClN2O2. The first kappa shape index (κ1) is 14.7. The molecule has 0 unspecified atom stereocenters. The van der Waals surface area contributed by atoms with E-state index in [0.717, 1.165) is 23.3 Å². The number of hydrogen-bond acceptors (Lipinski definition) is 2. The van der Waals surface area contributed by atoms with Gasteiger partial charge in [0.1, 0.15) is 12.4 Å². The van der Waals surface area contributed by atoms with Crippen molar-refractivity contribution in [2.24, 2.45) is 0 Å². The van der Waals surface area contributed by atoms with E-state index in [0.29, 0.717) is 17.3 Å². The number of anilines is 1. The molecular weight excluding hydrogens is 300 g/mol. The molecule has 4 nitrogen and oxygen atoms in total. The fourth-order valence-corrected chi connectivity index (χ4v) is 2.62. The molecule has 1 atom stereocenters. The van der Waals surface area contributed by atoms with Gasteiger partial charge >= 0.3 is 6.03 Å². The molecule has 2 amide bonds. The summed E-state index contributed by atoms with van der Waals surface area (Å²) < 4.78 is 5.66. The van der Waals surface area contributed by atoms with Crippen LogP contribution in [-0.2, 0) is 6.42 Å². The topological polar surface area (TPSA) is 50.4 Å². The maximum atomic E-state index is 12.1. The quantitative estimate of drug-likeness (QED) is 0.886. The number of amides is 2. The number of fused-ring (bicyclic) bond motifs is 1. The Kier molecular flexibility index (Phi) is 4.20. The largest absolute Gasteiger partial charge is 0.491 e. The van der Waals surface area contributed by atoms with Gasteiger partial charge in [-0.15, -0.1) is 0 Å². The van der Waals surface area contributed by atoms with Gasteiger partial charge in [0.05, 0.1) is 6.04 Å². The summed E-state index contributed by atoms with van der Waals surface area (Å²) in [5, 5.41) is 6.35. The summed E-state index contributed by atoms with van der Waals surface area (Å²) in [4.78, 5) is 12.1. The van der Waals surface area contributed by atoms with Gasteiger partial charge in [-0.05, 0) is 42.7 Å². The summed E-state index contributed by atoms with van der Waals surface area (Å²) in [6.45, 7) is 2.39. The first-order valence-electron chi connectivity index (χ1n) is 7.16. The number of benzene rings is 2. The van der Waals surface area contributed by atoms with E-state index in [1.807, 2.05) is 43.3 Å². The average molecular weight is 317 g/mol. The van der Waals surface area contributed by atoms with Crippen molar-refractivity contribution in [3.05, 3.63) is 58.6 Å². The molecule has 0 fully saturated rings.